The number of hydrogen-bond acceptors (Lipinski definition) is 1. The molecule has 0 saturated carbocycles. The van der Waals surface area contributed by atoms with Crippen LogP contribution in [0.3, 0.4) is 0 Å². The second-order valence-electron chi connectivity index (χ2n) is 3.99. The molecule has 0 N–H and O–H groups in total. The molecule has 0 bridgehead atoms. The summed E-state index contributed by atoms with van der Waals surface area (Å²) in [5.74, 6) is 0.208. The topological polar surface area (TPSA) is 9.23 Å². The van der Waals surface area contributed by atoms with Gasteiger partial charge in [-0.3, -0.25) is 0 Å². The zero-order valence-corrected chi connectivity index (χ0v) is 11.2. The van der Waals surface area contributed by atoms with E-state index in [0.717, 1.165) is 10.4 Å². The highest BCUT2D eigenvalue weighted by atomic mass is 28.3. The van der Waals surface area contributed by atoms with Crippen molar-refractivity contribution in [3.63, 3.8) is 0 Å². The van der Waals surface area contributed by atoms with E-state index in [1.165, 1.54) is 0 Å². The van der Waals surface area contributed by atoms with Crippen LogP contribution in [0.25, 0.3) is 0 Å². The van der Waals surface area contributed by atoms with Crippen molar-refractivity contribution in [3.8, 4) is 0 Å². The average Bonchev–Trinajstić information content (AvgIpc) is 2.46. The smallest absolute Gasteiger partial charge is 0.298 e. The Morgan fingerprint density at radius 2 is 1.39 bits per heavy atom. The van der Waals surface area contributed by atoms with Crippen molar-refractivity contribution < 1.29 is 8.82 Å². The van der Waals surface area contributed by atoms with E-state index in [9.17, 15) is 4.39 Å². The van der Waals surface area contributed by atoms with Gasteiger partial charge in [0.25, 0.3) is 9.04 Å². The van der Waals surface area contributed by atoms with E-state index in [4.69, 9.17) is 4.43 Å². The van der Waals surface area contributed by atoms with Crippen molar-refractivity contribution in [1.29, 1.82) is 0 Å². The highest BCUT2D eigenvalue weighted by molar-refractivity contribution is 6.80. The molecule has 1 nitrogen and oxygen atoms in total. The van der Waals surface area contributed by atoms with E-state index in [-0.39, 0.29) is 5.76 Å². The summed E-state index contributed by atoms with van der Waals surface area (Å²) < 4.78 is 18.3. The summed E-state index contributed by atoms with van der Waals surface area (Å²) >= 11 is 0. The summed E-state index contributed by atoms with van der Waals surface area (Å²) in [4.78, 5) is 0. The van der Waals surface area contributed by atoms with Crippen molar-refractivity contribution in [2.24, 2.45) is 0 Å². The maximum atomic E-state index is 12.6. The predicted octanol–water partition coefficient (Wildman–Crippen LogP) is 2.02. The molecule has 0 unspecified atom stereocenters. The minimum atomic E-state index is -1.87. The van der Waals surface area contributed by atoms with Crippen LogP contribution in [0.4, 0.5) is 4.39 Å². The molecule has 0 amide bonds. The van der Waals surface area contributed by atoms with Gasteiger partial charge in [-0.25, -0.2) is 4.39 Å². The SMILES string of the molecule is C=C(CF)O[SiH](c1ccccc1)c1ccccc1. The lowest BCUT2D eigenvalue weighted by atomic mass is 10.4. The molecule has 0 radical (unpaired) electrons. The maximum Gasteiger partial charge on any atom is 0.298 e. The quantitative estimate of drug-likeness (QED) is 0.589. The van der Waals surface area contributed by atoms with Crippen LogP contribution in [0.2, 0.25) is 0 Å². The number of benzene rings is 2. The van der Waals surface area contributed by atoms with Gasteiger partial charge in [0.1, 0.15) is 12.4 Å². The van der Waals surface area contributed by atoms with Gasteiger partial charge in [0.05, 0.1) is 0 Å². The Labute approximate surface area is 108 Å². The number of hydrogen-bond donors (Lipinski definition) is 0. The molecule has 0 aliphatic heterocycles. The zero-order valence-electron chi connectivity index (χ0n) is 10.1. The van der Waals surface area contributed by atoms with Crippen LogP contribution in [-0.4, -0.2) is 15.7 Å². The molecule has 0 heterocycles. The molecule has 3 heteroatoms. The maximum absolute atomic E-state index is 12.6. The lowest BCUT2D eigenvalue weighted by molar-refractivity contribution is 0.374. The largest absolute Gasteiger partial charge is 0.539 e. The normalized spacial score (nSPS) is 10.3. The van der Waals surface area contributed by atoms with Crippen molar-refractivity contribution in [2.75, 3.05) is 6.67 Å². The minimum absolute atomic E-state index is 0.208. The molecule has 0 aliphatic carbocycles. The summed E-state index contributed by atoms with van der Waals surface area (Å²) in [5.41, 5.74) is 0. The Bertz CT molecular complexity index is 459. The van der Waals surface area contributed by atoms with Crippen molar-refractivity contribution in [3.05, 3.63) is 73.0 Å². The summed E-state index contributed by atoms with van der Waals surface area (Å²) in [5, 5.41) is 2.25. The van der Waals surface area contributed by atoms with Crippen LogP contribution < -0.4 is 10.4 Å². The zero-order chi connectivity index (χ0) is 12.8. The first-order chi connectivity index (χ1) is 8.81. The molecule has 0 spiro atoms. The van der Waals surface area contributed by atoms with Gasteiger partial charge in [-0.2, -0.15) is 0 Å². The first-order valence-electron chi connectivity index (χ1n) is 5.81. The standard InChI is InChI=1S/C15H15FOSi/c1-13(12-16)17-18(14-8-4-2-5-9-14)15-10-6-3-7-11-15/h2-11,18H,1,12H2. The number of halogens is 1. The van der Waals surface area contributed by atoms with Crippen LogP contribution in [0.5, 0.6) is 0 Å². The fourth-order valence-electron chi connectivity index (χ4n) is 1.78. The summed E-state index contributed by atoms with van der Waals surface area (Å²) in [6.07, 6.45) is 0. The number of rotatable bonds is 5. The fourth-order valence-corrected chi connectivity index (χ4v) is 3.98. The summed E-state index contributed by atoms with van der Waals surface area (Å²) in [6.45, 7) is 2.97. The van der Waals surface area contributed by atoms with E-state index in [1.807, 2.05) is 60.7 Å². The molecule has 0 aliphatic rings. The van der Waals surface area contributed by atoms with Crippen molar-refractivity contribution >= 4 is 19.4 Å². The van der Waals surface area contributed by atoms with E-state index in [2.05, 4.69) is 6.58 Å². The molecule has 92 valence electrons. The van der Waals surface area contributed by atoms with Gasteiger partial charge in [0.2, 0.25) is 0 Å². The molecule has 0 aromatic heterocycles. The van der Waals surface area contributed by atoms with Gasteiger partial charge in [0, 0.05) is 0 Å². The highest BCUT2D eigenvalue weighted by Gasteiger charge is 2.19. The van der Waals surface area contributed by atoms with E-state index >= 15 is 0 Å². The molecule has 0 atom stereocenters. The van der Waals surface area contributed by atoms with Gasteiger partial charge in [-0.1, -0.05) is 67.2 Å². The molecule has 2 aromatic carbocycles. The summed E-state index contributed by atoms with van der Waals surface area (Å²) in [6, 6.07) is 19.9. The van der Waals surface area contributed by atoms with Crippen LogP contribution in [-0.2, 0) is 4.43 Å². The van der Waals surface area contributed by atoms with Crippen LogP contribution in [0.1, 0.15) is 0 Å². The molecule has 2 aromatic rings. The van der Waals surface area contributed by atoms with Gasteiger partial charge in [-0.15, -0.1) is 0 Å². The van der Waals surface area contributed by atoms with Crippen LogP contribution >= 0.6 is 0 Å². The Kier molecular flexibility index (Phi) is 4.31. The Morgan fingerprint density at radius 1 is 0.944 bits per heavy atom. The van der Waals surface area contributed by atoms with Crippen molar-refractivity contribution in [1.82, 2.24) is 0 Å². The van der Waals surface area contributed by atoms with Gasteiger partial charge in [0.15, 0.2) is 0 Å². The Morgan fingerprint density at radius 3 is 1.78 bits per heavy atom. The molecular formula is C15H15FOSi. The van der Waals surface area contributed by atoms with Gasteiger partial charge in [-0.05, 0) is 10.4 Å². The van der Waals surface area contributed by atoms with Gasteiger partial charge < -0.3 is 4.43 Å². The van der Waals surface area contributed by atoms with Crippen LogP contribution in [0, 0.1) is 0 Å². The number of alkyl halides is 1. The van der Waals surface area contributed by atoms with Gasteiger partial charge >= 0.3 is 0 Å². The predicted molar refractivity (Wildman–Crippen MR) is 75.5 cm³/mol. The second kappa shape index (κ2) is 6.17. The third-order valence-electron chi connectivity index (χ3n) is 2.64. The third-order valence-corrected chi connectivity index (χ3v) is 5.19. The first-order valence-corrected chi connectivity index (χ1v) is 7.44. The third kappa shape index (κ3) is 3.08. The first kappa shape index (κ1) is 12.6. The molecule has 0 fully saturated rings. The molecule has 2 rings (SSSR count). The van der Waals surface area contributed by atoms with E-state index < -0.39 is 15.7 Å². The molecule has 0 saturated heterocycles. The van der Waals surface area contributed by atoms with E-state index in [1.54, 1.807) is 0 Å². The lowest BCUT2D eigenvalue weighted by Gasteiger charge is -2.18. The Balaban J connectivity index is 2.32. The number of allylic oxidation sites excluding steroid dienone is 1. The average molecular weight is 258 g/mol. The second-order valence-corrected chi connectivity index (χ2v) is 6.32. The monoisotopic (exact) mass is 258 g/mol. The van der Waals surface area contributed by atoms with Crippen LogP contribution in [0.15, 0.2) is 73.0 Å². The lowest BCUT2D eigenvalue weighted by Crippen LogP contribution is -2.44. The molecular weight excluding hydrogens is 243 g/mol. The molecule has 18 heavy (non-hydrogen) atoms. The minimum Gasteiger partial charge on any atom is -0.539 e. The summed E-state index contributed by atoms with van der Waals surface area (Å²) in [7, 11) is -1.87. The highest BCUT2D eigenvalue weighted by Crippen LogP contribution is 2.01. The Hall–Kier alpha value is -1.87. The van der Waals surface area contributed by atoms with Crippen molar-refractivity contribution in [2.45, 2.75) is 0 Å². The fraction of sp³-hybridized carbons (Fsp3) is 0.0667. The van der Waals surface area contributed by atoms with E-state index in [0.29, 0.717) is 0 Å².